The molecule has 1 saturated carbocycles. The molecule has 1 aromatic heterocycles. The highest BCUT2D eigenvalue weighted by molar-refractivity contribution is 7.89. The summed E-state index contributed by atoms with van der Waals surface area (Å²) in [6.45, 7) is 3.34. The minimum Gasteiger partial charge on any atom is -0.360 e. The molecule has 0 spiro atoms. The molecule has 0 amide bonds. The third kappa shape index (κ3) is 2.78. The van der Waals surface area contributed by atoms with Crippen molar-refractivity contribution in [3.8, 4) is 0 Å². The van der Waals surface area contributed by atoms with Crippen LogP contribution in [0.4, 0.5) is 4.39 Å². The average Bonchev–Trinajstić information content (AvgIpc) is 3.21. The van der Waals surface area contributed by atoms with Gasteiger partial charge in [0.25, 0.3) is 0 Å². The number of hydrogen-bond donors (Lipinski definition) is 0. The molecule has 1 fully saturated rings. The van der Waals surface area contributed by atoms with E-state index in [-0.39, 0.29) is 29.1 Å². The molecule has 1 heterocycles. The molecule has 22 heavy (non-hydrogen) atoms. The fraction of sp³-hybridized carbons (Fsp3) is 0.400. The Labute approximate surface area is 128 Å². The summed E-state index contributed by atoms with van der Waals surface area (Å²) in [6.07, 6.45) is 1.63. The van der Waals surface area contributed by atoms with Crippen LogP contribution in [0.25, 0.3) is 0 Å². The van der Waals surface area contributed by atoms with E-state index in [1.807, 2.05) is 0 Å². The molecule has 1 aliphatic carbocycles. The number of aryl methyl sites for hydroxylation is 2. The Kier molecular flexibility index (Phi) is 3.78. The molecular formula is C15H17FN2O3S. The monoisotopic (exact) mass is 324 g/mol. The molecule has 5 nitrogen and oxygen atoms in total. The first kappa shape index (κ1) is 15.2. The maximum absolute atomic E-state index is 13.3. The van der Waals surface area contributed by atoms with Crippen molar-refractivity contribution in [2.45, 2.75) is 44.2 Å². The van der Waals surface area contributed by atoms with Crippen LogP contribution in [-0.2, 0) is 16.6 Å². The third-order valence-electron chi connectivity index (χ3n) is 3.72. The van der Waals surface area contributed by atoms with Crippen LogP contribution in [0, 0.1) is 19.7 Å². The van der Waals surface area contributed by atoms with Crippen molar-refractivity contribution in [2.75, 3.05) is 0 Å². The smallest absolute Gasteiger partial charge is 0.249 e. The van der Waals surface area contributed by atoms with Gasteiger partial charge in [-0.25, -0.2) is 12.8 Å². The lowest BCUT2D eigenvalue weighted by molar-refractivity contribution is 0.384. The third-order valence-corrected chi connectivity index (χ3v) is 5.86. The van der Waals surface area contributed by atoms with E-state index < -0.39 is 10.0 Å². The Hall–Kier alpha value is -1.73. The first-order valence-electron chi connectivity index (χ1n) is 7.09. The van der Waals surface area contributed by atoms with Crippen molar-refractivity contribution in [1.82, 2.24) is 9.46 Å². The Morgan fingerprint density at radius 2 is 2.09 bits per heavy atom. The zero-order chi connectivity index (χ0) is 15.9. The lowest BCUT2D eigenvalue weighted by Gasteiger charge is -2.21. The van der Waals surface area contributed by atoms with Gasteiger partial charge in [0.2, 0.25) is 10.0 Å². The highest BCUT2D eigenvalue weighted by Crippen LogP contribution is 2.35. The van der Waals surface area contributed by atoms with Crippen molar-refractivity contribution in [1.29, 1.82) is 0 Å². The lowest BCUT2D eigenvalue weighted by Crippen LogP contribution is -2.33. The van der Waals surface area contributed by atoms with Crippen molar-refractivity contribution >= 4 is 10.0 Å². The van der Waals surface area contributed by atoms with Crippen LogP contribution in [0.1, 0.15) is 29.9 Å². The number of nitrogens with zero attached hydrogens (tertiary/aromatic N) is 2. The van der Waals surface area contributed by atoms with E-state index in [0.717, 1.165) is 12.8 Å². The number of sulfonamides is 1. The molecule has 3 rings (SSSR count). The molecule has 0 N–H and O–H groups in total. The van der Waals surface area contributed by atoms with E-state index in [1.165, 1.54) is 16.4 Å². The van der Waals surface area contributed by atoms with Crippen LogP contribution in [-0.4, -0.2) is 23.9 Å². The summed E-state index contributed by atoms with van der Waals surface area (Å²) in [5.74, 6) is -0.0922. The van der Waals surface area contributed by atoms with Crippen molar-refractivity contribution in [2.24, 2.45) is 0 Å². The van der Waals surface area contributed by atoms with Crippen LogP contribution in [0.5, 0.6) is 0 Å². The molecule has 0 bridgehead atoms. The Morgan fingerprint density at radius 3 is 2.64 bits per heavy atom. The minimum absolute atomic E-state index is 0.0398. The van der Waals surface area contributed by atoms with Gasteiger partial charge in [-0.2, -0.15) is 4.31 Å². The van der Waals surface area contributed by atoms with Gasteiger partial charge >= 0.3 is 0 Å². The predicted molar refractivity (Wildman–Crippen MR) is 78.1 cm³/mol. The number of aromatic nitrogens is 1. The van der Waals surface area contributed by atoms with E-state index in [4.69, 9.17) is 4.52 Å². The second kappa shape index (κ2) is 5.48. The molecule has 0 aliphatic heterocycles. The standard InChI is InChI=1S/C15H17FN2O3S/c1-10-15(11(2)21-17-10)22(19,20)18(14-6-7-14)9-12-4-3-5-13(16)8-12/h3-5,8,14H,6-7,9H2,1-2H3. The first-order valence-corrected chi connectivity index (χ1v) is 8.53. The fourth-order valence-corrected chi connectivity index (χ4v) is 4.52. The van der Waals surface area contributed by atoms with Crippen LogP contribution in [0.15, 0.2) is 33.7 Å². The van der Waals surface area contributed by atoms with E-state index in [9.17, 15) is 12.8 Å². The van der Waals surface area contributed by atoms with Gasteiger partial charge in [-0.1, -0.05) is 17.3 Å². The molecule has 1 aromatic carbocycles. The Bertz CT molecular complexity index is 777. The maximum Gasteiger partial charge on any atom is 0.249 e. The van der Waals surface area contributed by atoms with Crippen molar-refractivity contribution < 1.29 is 17.3 Å². The van der Waals surface area contributed by atoms with Gasteiger partial charge in [0.1, 0.15) is 16.4 Å². The van der Waals surface area contributed by atoms with E-state index in [1.54, 1.807) is 26.0 Å². The lowest BCUT2D eigenvalue weighted by atomic mass is 10.2. The minimum atomic E-state index is -3.71. The van der Waals surface area contributed by atoms with Gasteiger partial charge in [-0.3, -0.25) is 0 Å². The highest BCUT2D eigenvalue weighted by Gasteiger charge is 2.40. The van der Waals surface area contributed by atoms with Crippen LogP contribution >= 0.6 is 0 Å². The number of rotatable bonds is 5. The molecule has 0 saturated heterocycles. The van der Waals surface area contributed by atoms with Gasteiger partial charge in [-0.05, 0) is 44.4 Å². The van der Waals surface area contributed by atoms with Gasteiger partial charge in [0, 0.05) is 12.6 Å². The molecule has 0 unspecified atom stereocenters. The van der Waals surface area contributed by atoms with Crippen molar-refractivity contribution in [3.05, 3.63) is 47.1 Å². The van der Waals surface area contributed by atoms with E-state index >= 15 is 0 Å². The molecule has 0 atom stereocenters. The van der Waals surface area contributed by atoms with Crippen LogP contribution in [0.2, 0.25) is 0 Å². The van der Waals surface area contributed by atoms with Gasteiger partial charge < -0.3 is 4.52 Å². The molecule has 118 valence electrons. The second-order valence-electron chi connectivity index (χ2n) is 5.56. The van der Waals surface area contributed by atoms with E-state index in [2.05, 4.69) is 5.16 Å². The molecule has 2 aromatic rings. The Balaban J connectivity index is 1.98. The normalized spacial score (nSPS) is 15.5. The summed E-state index contributed by atoms with van der Waals surface area (Å²) < 4.78 is 45.6. The predicted octanol–water partition coefficient (Wildman–Crippen LogP) is 2.78. The largest absolute Gasteiger partial charge is 0.360 e. The summed E-state index contributed by atoms with van der Waals surface area (Å²) in [7, 11) is -3.71. The molecular weight excluding hydrogens is 307 g/mol. The maximum atomic E-state index is 13.3. The van der Waals surface area contributed by atoms with E-state index in [0.29, 0.717) is 11.3 Å². The van der Waals surface area contributed by atoms with Gasteiger partial charge in [0.15, 0.2) is 5.76 Å². The van der Waals surface area contributed by atoms with Crippen LogP contribution in [0.3, 0.4) is 0 Å². The van der Waals surface area contributed by atoms with Crippen molar-refractivity contribution in [3.63, 3.8) is 0 Å². The topological polar surface area (TPSA) is 63.4 Å². The molecule has 1 aliphatic rings. The Morgan fingerprint density at radius 1 is 1.36 bits per heavy atom. The number of hydrogen-bond acceptors (Lipinski definition) is 4. The summed E-state index contributed by atoms with van der Waals surface area (Å²) in [5.41, 5.74) is 0.977. The SMILES string of the molecule is Cc1noc(C)c1S(=O)(=O)N(Cc1cccc(F)c1)C1CC1. The molecule has 0 radical (unpaired) electrons. The second-order valence-corrected chi connectivity index (χ2v) is 7.39. The fourth-order valence-electron chi connectivity index (χ4n) is 2.55. The summed E-state index contributed by atoms with van der Waals surface area (Å²) in [5, 5.41) is 3.72. The molecule has 7 heteroatoms. The quantitative estimate of drug-likeness (QED) is 0.848. The zero-order valence-electron chi connectivity index (χ0n) is 12.4. The summed E-state index contributed by atoms with van der Waals surface area (Å²) in [6, 6.07) is 5.97. The summed E-state index contributed by atoms with van der Waals surface area (Å²) >= 11 is 0. The first-order chi connectivity index (χ1) is 10.4. The number of benzene rings is 1. The summed E-state index contributed by atoms with van der Waals surface area (Å²) in [4.78, 5) is 0.121. The van der Waals surface area contributed by atoms with Gasteiger partial charge in [-0.15, -0.1) is 0 Å². The average molecular weight is 324 g/mol. The van der Waals surface area contributed by atoms with Crippen LogP contribution < -0.4 is 0 Å². The zero-order valence-corrected chi connectivity index (χ0v) is 13.2. The van der Waals surface area contributed by atoms with Gasteiger partial charge in [0.05, 0.1) is 0 Å². The number of halogens is 1. The highest BCUT2D eigenvalue weighted by atomic mass is 32.2.